The molecule has 8 nitrogen and oxygen atoms in total. The first-order chi connectivity index (χ1) is 14.7. The molecule has 3 aromatic rings. The predicted molar refractivity (Wildman–Crippen MR) is 114 cm³/mol. The summed E-state index contributed by atoms with van der Waals surface area (Å²) in [7, 11) is 0. The van der Waals surface area contributed by atoms with Crippen molar-refractivity contribution >= 4 is 23.6 Å². The molecule has 1 aliphatic heterocycles. The van der Waals surface area contributed by atoms with E-state index >= 15 is 0 Å². The summed E-state index contributed by atoms with van der Waals surface area (Å²) in [4.78, 5) is 14.7. The minimum Gasteiger partial charge on any atom is -0.467 e. The second kappa shape index (κ2) is 9.82. The lowest BCUT2D eigenvalue weighted by atomic mass is 10.2. The number of ether oxygens (including phenoxy) is 1. The highest BCUT2D eigenvalue weighted by atomic mass is 32.2. The van der Waals surface area contributed by atoms with Gasteiger partial charge in [0.25, 0.3) is 0 Å². The molecule has 9 heteroatoms. The first kappa shape index (κ1) is 20.5. The maximum Gasteiger partial charge on any atom is 0.233 e. The Morgan fingerprint density at radius 3 is 2.70 bits per heavy atom. The summed E-state index contributed by atoms with van der Waals surface area (Å²) in [5.41, 5.74) is 1.16. The fourth-order valence-corrected chi connectivity index (χ4v) is 4.08. The van der Waals surface area contributed by atoms with Crippen molar-refractivity contribution in [3.05, 3.63) is 60.1 Å². The van der Waals surface area contributed by atoms with Gasteiger partial charge in [-0.15, -0.1) is 10.2 Å². The summed E-state index contributed by atoms with van der Waals surface area (Å²) in [5, 5.41) is 12.2. The molecule has 1 saturated heterocycles. The molecule has 30 heavy (non-hydrogen) atoms. The average molecular weight is 428 g/mol. The van der Waals surface area contributed by atoms with Crippen molar-refractivity contribution in [3.8, 4) is 0 Å². The molecule has 4 rings (SSSR count). The summed E-state index contributed by atoms with van der Waals surface area (Å²) in [6, 6.07) is 13.8. The highest BCUT2D eigenvalue weighted by molar-refractivity contribution is 8.00. The Balaban J connectivity index is 1.49. The van der Waals surface area contributed by atoms with Crippen LogP contribution in [0.25, 0.3) is 0 Å². The highest BCUT2D eigenvalue weighted by Gasteiger charge is 2.24. The molecule has 3 heterocycles. The molecule has 2 aromatic heterocycles. The van der Waals surface area contributed by atoms with E-state index < -0.39 is 0 Å². The molecular formula is C21H25N5O3S. The predicted octanol–water partition coefficient (Wildman–Crippen LogP) is 2.55. The SMILES string of the molecule is C[C@@H](Sc1nnc(N2CCOCC2)n1Cc1ccccc1)C(=O)NCc1ccco1. The number of nitrogens with zero attached hydrogens (tertiary/aromatic N) is 4. The molecule has 1 fully saturated rings. The number of anilines is 1. The molecular weight excluding hydrogens is 402 g/mol. The van der Waals surface area contributed by atoms with Gasteiger partial charge in [-0.25, -0.2) is 0 Å². The first-order valence-electron chi connectivity index (χ1n) is 9.97. The van der Waals surface area contributed by atoms with Gasteiger partial charge in [0.05, 0.1) is 37.8 Å². The van der Waals surface area contributed by atoms with Crippen molar-refractivity contribution in [3.63, 3.8) is 0 Å². The zero-order valence-electron chi connectivity index (χ0n) is 16.9. The largest absolute Gasteiger partial charge is 0.467 e. The number of aromatic nitrogens is 3. The molecule has 158 valence electrons. The topological polar surface area (TPSA) is 85.4 Å². The number of nitrogens with one attached hydrogen (secondary N) is 1. The lowest BCUT2D eigenvalue weighted by molar-refractivity contribution is -0.120. The summed E-state index contributed by atoms with van der Waals surface area (Å²) >= 11 is 1.41. The van der Waals surface area contributed by atoms with Crippen molar-refractivity contribution in [2.24, 2.45) is 0 Å². The van der Waals surface area contributed by atoms with E-state index in [9.17, 15) is 4.79 Å². The average Bonchev–Trinajstić information content (AvgIpc) is 3.44. The van der Waals surface area contributed by atoms with Gasteiger partial charge in [-0.05, 0) is 24.6 Å². The van der Waals surface area contributed by atoms with Crippen LogP contribution in [-0.4, -0.2) is 52.2 Å². The number of carbonyl (C=O) groups excluding carboxylic acids is 1. The second-order valence-corrected chi connectivity index (χ2v) is 8.32. The maximum atomic E-state index is 12.6. The maximum absolute atomic E-state index is 12.6. The third-order valence-corrected chi connectivity index (χ3v) is 5.92. The van der Waals surface area contributed by atoms with Gasteiger partial charge in [-0.2, -0.15) is 0 Å². The van der Waals surface area contributed by atoms with Crippen molar-refractivity contribution in [2.45, 2.75) is 30.4 Å². The van der Waals surface area contributed by atoms with E-state index in [0.717, 1.165) is 35.5 Å². The van der Waals surface area contributed by atoms with Gasteiger partial charge in [0.1, 0.15) is 5.76 Å². The van der Waals surface area contributed by atoms with Gasteiger partial charge in [-0.1, -0.05) is 42.1 Å². The third-order valence-electron chi connectivity index (χ3n) is 4.84. The summed E-state index contributed by atoms with van der Waals surface area (Å²) in [5.74, 6) is 1.47. The Morgan fingerprint density at radius 2 is 1.97 bits per heavy atom. The quantitative estimate of drug-likeness (QED) is 0.553. The molecule has 0 unspecified atom stereocenters. The van der Waals surface area contributed by atoms with Gasteiger partial charge in [0.2, 0.25) is 11.9 Å². The number of thioether (sulfide) groups is 1. The van der Waals surface area contributed by atoms with Gasteiger partial charge in [0.15, 0.2) is 5.16 Å². The third kappa shape index (κ3) is 5.03. The van der Waals surface area contributed by atoms with Crippen LogP contribution in [0, 0.1) is 0 Å². The zero-order valence-corrected chi connectivity index (χ0v) is 17.7. The zero-order chi connectivity index (χ0) is 20.8. The van der Waals surface area contributed by atoms with Crippen LogP contribution in [0.3, 0.4) is 0 Å². The van der Waals surface area contributed by atoms with Crippen LogP contribution < -0.4 is 10.2 Å². The number of benzene rings is 1. The summed E-state index contributed by atoms with van der Waals surface area (Å²) in [6.45, 7) is 5.78. The van der Waals surface area contributed by atoms with Gasteiger partial charge in [-0.3, -0.25) is 9.36 Å². The van der Waals surface area contributed by atoms with E-state index in [1.807, 2.05) is 31.2 Å². The van der Waals surface area contributed by atoms with Gasteiger partial charge >= 0.3 is 0 Å². The van der Waals surface area contributed by atoms with Gasteiger partial charge in [0, 0.05) is 13.1 Å². The number of morpholine rings is 1. The molecule has 1 aromatic carbocycles. The monoisotopic (exact) mass is 427 g/mol. The number of carbonyl (C=O) groups is 1. The molecule has 1 aliphatic rings. The normalized spacial score (nSPS) is 15.2. The Bertz CT molecular complexity index is 939. The van der Waals surface area contributed by atoms with E-state index in [-0.39, 0.29) is 11.2 Å². The smallest absolute Gasteiger partial charge is 0.233 e. The van der Waals surface area contributed by atoms with Crippen LogP contribution >= 0.6 is 11.8 Å². The van der Waals surface area contributed by atoms with Crippen molar-refractivity contribution < 1.29 is 13.9 Å². The lowest BCUT2D eigenvalue weighted by Crippen LogP contribution is -2.38. The number of hydrogen-bond acceptors (Lipinski definition) is 7. The molecule has 0 spiro atoms. The van der Waals surface area contributed by atoms with E-state index in [2.05, 4.69) is 37.1 Å². The molecule has 0 radical (unpaired) electrons. The number of hydrogen-bond donors (Lipinski definition) is 1. The standard InChI is InChI=1S/C21H25N5O3S/c1-16(19(27)22-14-18-8-5-11-29-18)30-21-24-23-20(25-9-12-28-13-10-25)26(21)15-17-6-3-2-4-7-17/h2-8,11,16H,9-10,12-15H2,1H3,(H,22,27)/t16-/m1/s1. The van der Waals surface area contributed by atoms with Crippen LogP contribution in [0.15, 0.2) is 58.3 Å². The minimum absolute atomic E-state index is 0.0708. The number of amides is 1. The van der Waals surface area contributed by atoms with Crippen LogP contribution in [0.5, 0.6) is 0 Å². The Labute approximate surface area is 179 Å². The first-order valence-corrected chi connectivity index (χ1v) is 10.9. The van der Waals surface area contributed by atoms with Crippen LogP contribution in [-0.2, 0) is 22.6 Å². The Morgan fingerprint density at radius 1 is 1.17 bits per heavy atom. The number of furan rings is 1. The van der Waals surface area contributed by atoms with E-state index in [1.54, 1.807) is 12.3 Å². The van der Waals surface area contributed by atoms with Crippen LogP contribution in [0.2, 0.25) is 0 Å². The molecule has 0 aliphatic carbocycles. The van der Waals surface area contributed by atoms with Crippen molar-refractivity contribution in [1.29, 1.82) is 0 Å². The second-order valence-electron chi connectivity index (χ2n) is 7.01. The van der Waals surface area contributed by atoms with Crippen LogP contribution in [0.4, 0.5) is 5.95 Å². The van der Waals surface area contributed by atoms with Crippen LogP contribution in [0.1, 0.15) is 18.2 Å². The highest BCUT2D eigenvalue weighted by Crippen LogP contribution is 2.27. The van der Waals surface area contributed by atoms with E-state index in [1.165, 1.54) is 11.8 Å². The van der Waals surface area contributed by atoms with E-state index in [0.29, 0.717) is 26.3 Å². The molecule has 1 atom stereocenters. The fraction of sp³-hybridized carbons (Fsp3) is 0.381. The van der Waals surface area contributed by atoms with Gasteiger partial charge < -0.3 is 19.4 Å². The molecule has 1 amide bonds. The van der Waals surface area contributed by atoms with E-state index in [4.69, 9.17) is 9.15 Å². The Kier molecular flexibility index (Phi) is 6.70. The lowest BCUT2D eigenvalue weighted by Gasteiger charge is -2.28. The van der Waals surface area contributed by atoms with Crippen molar-refractivity contribution in [2.75, 3.05) is 31.2 Å². The molecule has 1 N–H and O–H groups in total. The Hall–Kier alpha value is -2.78. The minimum atomic E-state index is -0.323. The number of rotatable bonds is 8. The van der Waals surface area contributed by atoms with Crippen molar-refractivity contribution in [1.82, 2.24) is 20.1 Å². The summed E-state index contributed by atoms with van der Waals surface area (Å²) in [6.07, 6.45) is 1.60. The fourth-order valence-electron chi connectivity index (χ4n) is 3.21. The summed E-state index contributed by atoms with van der Waals surface area (Å²) < 4.78 is 12.8. The molecule has 0 saturated carbocycles. The molecule has 0 bridgehead atoms.